The molecule has 0 radical (unpaired) electrons. The minimum atomic E-state index is -0.377. The molecular formula is C24H25FN8O. The van der Waals surface area contributed by atoms with E-state index in [0.29, 0.717) is 35.0 Å². The Hall–Kier alpha value is -3.82. The van der Waals surface area contributed by atoms with Crippen molar-refractivity contribution in [2.45, 2.75) is 38.6 Å². The van der Waals surface area contributed by atoms with E-state index in [1.165, 1.54) is 10.6 Å². The summed E-state index contributed by atoms with van der Waals surface area (Å²) in [6, 6.07) is 4.42. The predicted molar refractivity (Wildman–Crippen MR) is 123 cm³/mol. The lowest BCUT2D eigenvalue weighted by Crippen LogP contribution is -2.38. The molecule has 6 rings (SSSR count). The first-order chi connectivity index (χ1) is 16.6. The zero-order chi connectivity index (χ0) is 23.2. The van der Waals surface area contributed by atoms with Crippen LogP contribution in [0.1, 0.15) is 58.4 Å². The van der Waals surface area contributed by atoms with Crippen LogP contribution in [0.2, 0.25) is 0 Å². The highest BCUT2D eigenvalue weighted by Crippen LogP contribution is 2.35. The molecule has 1 N–H and O–H groups in total. The van der Waals surface area contributed by atoms with Crippen LogP contribution in [0.25, 0.3) is 5.52 Å². The van der Waals surface area contributed by atoms with E-state index in [9.17, 15) is 9.18 Å². The highest BCUT2D eigenvalue weighted by atomic mass is 19.1. The number of aromatic nitrogens is 6. The van der Waals surface area contributed by atoms with Crippen molar-refractivity contribution in [3.63, 3.8) is 0 Å². The van der Waals surface area contributed by atoms with Gasteiger partial charge in [0.25, 0.3) is 5.91 Å². The number of nitrogens with zero attached hydrogens (tertiary/aromatic N) is 7. The number of aromatic amines is 1. The largest absolute Gasteiger partial charge is 0.348 e. The maximum Gasteiger partial charge on any atom is 0.257 e. The Morgan fingerprint density at radius 2 is 2.03 bits per heavy atom. The van der Waals surface area contributed by atoms with E-state index >= 15 is 0 Å². The zero-order valence-electron chi connectivity index (χ0n) is 18.9. The Morgan fingerprint density at radius 1 is 1.18 bits per heavy atom. The van der Waals surface area contributed by atoms with Crippen molar-refractivity contribution in [2.75, 3.05) is 24.5 Å². The van der Waals surface area contributed by atoms with Crippen LogP contribution in [0.4, 0.5) is 10.3 Å². The van der Waals surface area contributed by atoms with Gasteiger partial charge in [-0.15, -0.1) is 0 Å². The van der Waals surface area contributed by atoms with Crippen LogP contribution in [0, 0.1) is 12.7 Å². The third-order valence-electron chi connectivity index (χ3n) is 6.77. The van der Waals surface area contributed by atoms with Gasteiger partial charge >= 0.3 is 0 Å². The lowest BCUT2D eigenvalue weighted by molar-refractivity contribution is 0.0722. The van der Waals surface area contributed by atoms with Gasteiger partial charge in [-0.05, 0) is 44.4 Å². The third kappa shape index (κ3) is 3.41. The third-order valence-corrected chi connectivity index (χ3v) is 6.77. The van der Waals surface area contributed by atoms with Gasteiger partial charge in [-0.3, -0.25) is 4.79 Å². The second kappa shape index (κ2) is 8.19. The van der Waals surface area contributed by atoms with Gasteiger partial charge in [0.2, 0.25) is 5.95 Å². The van der Waals surface area contributed by atoms with Gasteiger partial charge in [0.15, 0.2) is 0 Å². The van der Waals surface area contributed by atoms with Gasteiger partial charge in [0.1, 0.15) is 17.4 Å². The summed E-state index contributed by atoms with van der Waals surface area (Å²) in [7, 11) is 0. The number of fused-ring (bicyclic) bond motifs is 2. The van der Waals surface area contributed by atoms with Gasteiger partial charge < -0.3 is 14.8 Å². The number of halogens is 1. The lowest BCUT2D eigenvalue weighted by Gasteiger charge is -2.34. The van der Waals surface area contributed by atoms with Crippen molar-refractivity contribution >= 4 is 17.4 Å². The molecule has 34 heavy (non-hydrogen) atoms. The summed E-state index contributed by atoms with van der Waals surface area (Å²) in [5, 5.41) is 4.65. The molecule has 2 aliphatic heterocycles. The smallest absolute Gasteiger partial charge is 0.257 e. The molecule has 174 valence electrons. The second-order valence-corrected chi connectivity index (χ2v) is 8.89. The first-order valence-corrected chi connectivity index (χ1v) is 11.7. The summed E-state index contributed by atoms with van der Waals surface area (Å²) in [6.45, 7) is 4.04. The summed E-state index contributed by atoms with van der Waals surface area (Å²) in [5.74, 6) is 0.159. The maximum absolute atomic E-state index is 14.4. The van der Waals surface area contributed by atoms with Crippen LogP contribution in [0.3, 0.4) is 0 Å². The van der Waals surface area contributed by atoms with Crippen LogP contribution in [-0.4, -0.2) is 60.0 Å². The van der Waals surface area contributed by atoms with E-state index < -0.39 is 0 Å². The lowest BCUT2D eigenvalue weighted by atomic mass is 10.00. The number of rotatable bonds is 3. The zero-order valence-corrected chi connectivity index (χ0v) is 18.9. The number of pyridine rings is 1. The molecule has 10 heteroatoms. The number of carbonyl (C=O) groups is 1. The molecule has 0 saturated carbocycles. The number of aryl methyl sites for hydroxylation is 1. The minimum absolute atomic E-state index is 0.00985. The molecule has 0 spiro atoms. The second-order valence-electron chi connectivity index (χ2n) is 8.89. The SMILES string of the molecule is Cc1nc(N2CCc3[nH]cnc3[C@H]2c2cc3c(F)cccn3n2)ncc1C(=O)N1CCCCC1. The van der Waals surface area contributed by atoms with Crippen LogP contribution in [-0.2, 0) is 6.42 Å². The van der Waals surface area contributed by atoms with Crippen molar-refractivity contribution in [2.24, 2.45) is 0 Å². The molecule has 0 unspecified atom stereocenters. The number of piperidine rings is 1. The molecule has 0 aromatic carbocycles. The van der Waals surface area contributed by atoms with Crippen molar-refractivity contribution in [1.82, 2.24) is 34.4 Å². The van der Waals surface area contributed by atoms with Crippen LogP contribution in [0.15, 0.2) is 36.9 Å². The van der Waals surface area contributed by atoms with E-state index in [1.807, 2.05) is 16.7 Å². The topological polar surface area (TPSA) is 95.3 Å². The summed E-state index contributed by atoms with van der Waals surface area (Å²) in [5.41, 5.74) is 4.09. The van der Waals surface area contributed by atoms with Crippen molar-refractivity contribution in [3.8, 4) is 0 Å². The Bertz CT molecular complexity index is 1370. The van der Waals surface area contributed by atoms with Gasteiger partial charge in [-0.2, -0.15) is 5.10 Å². The maximum atomic E-state index is 14.4. The van der Waals surface area contributed by atoms with E-state index in [1.54, 1.807) is 30.9 Å². The predicted octanol–water partition coefficient (Wildman–Crippen LogP) is 3.07. The quantitative estimate of drug-likeness (QED) is 0.505. The molecule has 9 nitrogen and oxygen atoms in total. The van der Waals surface area contributed by atoms with Gasteiger partial charge in [0, 0.05) is 44.1 Å². The van der Waals surface area contributed by atoms with E-state index in [4.69, 9.17) is 4.98 Å². The van der Waals surface area contributed by atoms with Crippen molar-refractivity contribution < 1.29 is 9.18 Å². The molecule has 2 aliphatic rings. The Kier molecular flexibility index (Phi) is 5.00. The first-order valence-electron chi connectivity index (χ1n) is 11.7. The number of hydrogen-bond donors (Lipinski definition) is 1. The molecule has 0 bridgehead atoms. The van der Waals surface area contributed by atoms with Crippen LogP contribution < -0.4 is 4.90 Å². The molecule has 4 aromatic rings. The molecule has 1 saturated heterocycles. The standard InChI is InChI=1S/C24H25FN8O/c1-15-16(23(34)31-8-3-2-4-9-31)13-26-24(29-15)32-11-7-18-21(28-14-27-18)22(32)19-12-20-17(25)6-5-10-33(20)30-19/h5-6,10,12-14,22H,2-4,7-9,11H2,1H3,(H,27,28)/t22-/m1/s1. The van der Waals surface area contributed by atoms with Gasteiger partial charge in [0.05, 0.1) is 29.0 Å². The molecule has 1 amide bonds. The number of hydrogen-bond acceptors (Lipinski definition) is 6. The molecular weight excluding hydrogens is 435 g/mol. The van der Waals surface area contributed by atoms with E-state index in [-0.39, 0.29) is 17.8 Å². The molecule has 6 heterocycles. The minimum Gasteiger partial charge on any atom is -0.348 e. The number of anilines is 1. The fourth-order valence-corrected chi connectivity index (χ4v) is 5.00. The normalized spacial score (nSPS) is 18.4. The molecule has 1 atom stereocenters. The Balaban J connectivity index is 1.38. The average molecular weight is 461 g/mol. The summed E-state index contributed by atoms with van der Waals surface area (Å²) in [6.07, 6.45) is 9.00. The highest BCUT2D eigenvalue weighted by Gasteiger charge is 2.35. The summed E-state index contributed by atoms with van der Waals surface area (Å²) >= 11 is 0. The number of likely N-dealkylation sites (tertiary alicyclic amines) is 1. The van der Waals surface area contributed by atoms with Crippen LogP contribution in [0.5, 0.6) is 0 Å². The number of nitrogens with one attached hydrogen (secondary N) is 1. The average Bonchev–Trinajstić information content (AvgIpc) is 3.51. The number of imidazole rings is 1. The molecule has 0 aliphatic carbocycles. The molecule has 1 fully saturated rings. The van der Waals surface area contributed by atoms with Crippen LogP contribution >= 0.6 is 0 Å². The Labute approximate surface area is 195 Å². The van der Waals surface area contributed by atoms with E-state index in [0.717, 1.165) is 50.2 Å². The highest BCUT2D eigenvalue weighted by molar-refractivity contribution is 5.95. The Morgan fingerprint density at radius 3 is 2.82 bits per heavy atom. The number of H-pyrrole nitrogens is 1. The van der Waals surface area contributed by atoms with Crippen molar-refractivity contribution in [3.05, 3.63) is 71.1 Å². The summed E-state index contributed by atoms with van der Waals surface area (Å²) < 4.78 is 15.9. The molecule has 4 aromatic heterocycles. The van der Waals surface area contributed by atoms with Gasteiger partial charge in [-0.25, -0.2) is 23.9 Å². The fourth-order valence-electron chi connectivity index (χ4n) is 5.00. The van der Waals surface area contributed by atoms with Crippen molar-refractivity contribution in [1.29, 1.82) is 0 Å². The number of amides is 1. The van der Waals surface area contributed by atoms with E-state index in [2.05, 4.69) is 20.1 Å². The first kappa shape index (κ1) is 20.8. The monoisotopic (exact) mass is 460 g/mol. The van der Waals surface area contributed by atoms with Gasteiger partial charge in [-0.1, -0.05) is 0 Å². The summed E-state index contributed by atoms with van der Waals surface area (Å²) in [4.78, 5) is 34.1. The fraction of sp³-hybridized carbons (Fsp3) is 0.375. The number of carbonyl (C=O) groups excluding carboxylic acids is 1.